The molecule has 5 heteroatoms. The van der Waals surface area contributed by atoms with Crippen molar-refractivity contribution in [3.8, 4) is 5.75 Å². The topological polar surface area (TPSA) is 35.5 Å². The van der Waals surface area contributed by atoms with Gasteiger partial charge in [0.2, 0.25) is 0 Å². The molecule has 0 N–H and O–H groups in total. The van der Waals surface area contributed by atoms with E-state index in [0.29, 0.717) is 34.3 Å². The summed E-state index contributed by atoms with van der Waals surface area (Å²) in [4.78, 5) is 12.8. The highest BCUT2D eigenvalue weighted by molar-refractivity contribution is 7.20. The van der Waals surface area contributed by atoms with Gasteiger partial charge in [-0.1, -0.05) is 45.9 Å². The van der Waals surface area contributed by atoms with Crippen LogP contribution in [-0.2, 0) is 4.74 Å². The minimum atomic E-state index is 0.0829. The van der Waals surface area contributed by atoms with Crippen LogP contribution in [0.15, 0.2) is 30.5 Å². The van der Waals surface area contributed by atoms with Crippen LogP contribution in [0, 0.1) is 0 Å². The summed E-state index contributed by atoms with van der Waals surface area (Å²) in [6.07, 6.45) is 0.929. The Labute approximate surface area is 154 Å². The largest absolute Gasteiger partial charge is 0.502 e. The van der Waals surface area contributed by atoms with E-state index >= 15 is 0 Å². The predicted molar refractivity (Wildman–Crippen MR) is 106 cm³/mol. The summed E-state index contributed by atoms with van der Waals surface area (Å²) in [5.41, 5.74) is 0. The first kappa shape index (κ1) is 22.5. The van der Waals surface area contributed by atoms with Crippen LogP contribution in [0.3, 0.4) is 0 Å². The Bertz CT molecular complexity index is 662. The molecule has 1 heterocycles. The molecule has 0 fully saturated rings. The molecule has 134 valence electrons. The number of rotatable bonds is 6. The first-order valence-corrected chi connectivity index (χ1v) is 9.26. The van der Waals surface area contributed by atoms with E-state index in [0.717, 1.165) is 10.1 Å². The lowest BCUT2D eigenvalue weighted by molar-refractivity contribution is 0.0980. The maximum absolute atomic E-state index is 12.1. The van der Waals surface area contributed by atoms with Crippen LogP contribution >= 0.6 is 22.9 Å². The second kappa shape index (κ2) is 11.9. The lowest BCUT2D eigenvalue weighted by Gasteiger charge is -2.01. The van der Waals surface area contributed by atoms with Crippen molar-refractivity contribution in [2.75, 3.05) is 14.2 Å². The maximum Gasteiger partial charge on any atom is 0.173 e. The molecule has 0 aliphatic carbocycles. The van der Waals surface area contributed by atoms with E-state index in [-0.39, 0.29) is 5.78 Å². The molecule has 24 heavy (non-hydrogen) atoms. The minimum absolute atomic E-state index is 0.0829. The van der Waals surface area contributed by atoms with Gasteiger partial charge < -0.3 is 9.47 Å². The van der Waals surface area contributed by atoms with Gasteiger partial charge in [0.05, 0.1) is 29.9 Å². The molecule has 0 spiro atoms. The zero-order valence-corrected chi connectivity index (χ0v) is 16.9. The molecule has 0 aliphatic heterocycles. The molecule has 2 rings (SSSR count). The number of Topliss-reactive ketones (excluding diaryl/α,β-unsaturated/α-hetero) is 1. The zero-order chi connectivity index (χ0) is 18.7. The molecule has 0 saturated carbocycles. The number of hydrogen-bond donors (Lipinski definition) is 0. The Morgan fingerprint density at radius 3 is 2.29 bits per heavy atom. The highest BCUT2D eigenvalue weighted by Crippen LogP contribution is 2.35. The molecular formula is C19H27ClO3S. The van der Waals surface area contributed by atoms with E-state index in [2.05, 4.69) is 6.58 Å². The van der Waals surface area contributed by atoms with E-state index in [4.69, 9.17) is 21.1 Å². The van der Waals surface area contributed by atoms with Crippen LogP contribution in [0.1, 0.15) is 50.2 Å². The van der Waals surface area contributed by atoms with Crippen LogP contribution in [0.4, 0.5) is 0 Å². The summed E-state index contributed by atoms with van der Waals surface area (Å²) in [5, 5.41) is 1.50. The standard InChI is InChI=1S/C15H15ClO3S.2C2H6/c1-9(18-2)4-5-12(17)15-7-10-6-11(16)13(19-3)8-14(10)20-15;2*1-2/h6-8H,1,4-5H2,2-3H3;2*1-2H3. The summed E-state index contributed by atoms with van der Waals surface area (Å²) in [5.74, 6) is 1.32. The van der Waals surface area contributed by atoms with Crippen molar-refractivity contribution >= 4 is 38.8 Å². The summed E-state index contributed by atoms with van der Waals surface area (Å²) < 4.78 is 11.1. The SMILES string of the molecule is C=C(CCC(=O)c1cc2cc(Cl)c(OC)cc2s1)OC.CC.CC. The number of ether oxygens (including phenoxy) is 2. The molecule has 2 aromatic rings. The smallest absolute Gasteiger partial charge is 0.173 e. The summed E-state index contributed by atoms with van der Waals surface area (Å²) in [7, 11) is 3.13. The lowest BCUT2D eigenvalue weighted by Crippen LogP contribution is -1.97. The van der Waals surface area contributed by atoms with Crippen LogP contribution in [0.2, 0.25) is 5.02 Å². The average molecular weight is 371 g/mol. The van der Waals surface area contributed by atoms with Crippen molar-refractivity contribution in [1.29, 1.82) is 0 Å². The number of thiophene rings is 1. The highest BCUT2D eigenvalue weighted by Gasteiger charge is 2.13. The number of allylic oxidation sites excluding steroid dienone is 1. The van der Waals surface area contributed by atoms with Gasteiger partial charge >= 0.3 is 0 Å². The lowest BCUT2D eigenvalue weighted by atomic mass is 10.1. The van der Waals surface area contributed by atoms with Crippen molar-refractivity contribution in [3.63, 3.8) is 0 Å². The average Bonchev–Trinajstić information content (AvgIpc) is 3.04. The van der Waals surface area contributed by atoms with Gasteiger partial charge in [0.25, 0.3) is 0 Å². The molecule has 0 amide bonds. The van der Waals surface area contributed by atoms with E-state index in [1.165, 1.54) is 11.3 Å². The summed E-state index contributed by atoms with van der Waals surface area (Å²) in [6, 6.07) is 5.54. The van der Waals surface area contributed by atoms with Gasteiger partial charge in [0.1, 0.15) is 5.75 Å². The highest BCUT2D eigenvalue weighted by atomic mass is 35.5. The fourth-order valence-corrected chi connectivity index (χ4v) is 3.10. The predicted octanol–water partition coefficient (Wildman–Crippen LogP) is 6.74. The number of carbonyl (C=O) groups is 1. The number of methoxy groups -OCH3 is 2. The molecule has 1 aromatic heterocycles. The molecular weight excluding hydrogens is 344 g/mol. The van der Waals surface area contributed by atoms with Crippen LogP contribution in [-0.4, -0.2) is 20.0 Å². The van der Waals surface area contributed by atoms with E-state index in [1.54, 1.807) is 14.2 Å². The van der Waals surface area contributed by atoms with E-state index < -0.39 is 0 Å². The number of hydrogen-bond acceptors (Lipinski definition) is 4. The van der Waals surface area contributed by atoms with Crippen molar-refractivity contribution in [2.45, 2.75) is 40.5 Å². The Hall–Kier alpha value is -1.52. The molecule has 0 unspecified atom stereocenters. The first-order valence-electron chi connectivity index (χ1n) is 8.07. The minimum Gasteiger partial charge on any atom is -0.502 e. The third-order valence-electron chi connectivity index (χ3n) is 2.99. The monoisotopic (exact) mass is 370 g/mol. The van der Waals surface area contributed by atoms with Crippen LogP contribution in [0.5, 0.6) is 5.75 Å². The fourth-order valence-electron chi connectivity index (χ4n) is 1.81. The molecule has 0 saturated heterocycles. The Morgan fingerprint density at radius 2 is 1.75 bits per heavy atom. The first-order chi connectivity index (χ1) is 11.5. The number of fused-ring (bicyclic) bond motifs is 1. The second-order valence-electron chi connectivity index (χ2n) is 4.30. The number of ketones is 1. The number of benzene rings is 1. The van der Waals surface area contributed by atoms with Gasteiger partial charge in [-0.3, -0.25) is 4.79 Å². The van der Waals surface area contributed by atoms with Crippen molar-refractivity contribution in [2.24, 2.45) is 0 Å². The molecule has 0 bridgehead atoms. The van der Waals surface area contributed by atoms with Gasteiger partial charge in [-0.15, -0.1) is 11.3 Å². The van der Waals surface area contributed by atoms with Crippen LogP contribution in [0.25, 0.3) is 10.1 Å². The van der Waals surface area contributed by atoms with Crippen LogP contribution < -0.4 is 4.74 Å². The van der Waals surface area contributed by atoms with E-state index in [1.807, 2.05) is 45.9 Å². The number of carbonyl (C=O) groups excluding carboxylic acids is 1. The normalized spacial score (nSPS) is 9.29. The van der Waals surface area contributed by atoms with Crippen molar-refractivity contribution < 1.29 is 14.3 Å². The van der Waals surface area contributed by atoms with Gasteiger partial charge in [0.15, 0.2) is 5.78 Å². The third kappa shape index (κ3) is 6.17. The summed E-state index contributed by atoms with van der Waals surface area (Å²) in [6.45, 7) is 11.7. The molecule has 1 aromatic carbocycles. The second-order valence-corrected chi connectivity index (χ2v) is 5.79. The fraction of sp³-hybridized carbons (Fsp3) is 0.421. The zero-order valence-electron chi connectivity index (χ0n) is 15.4. The maximum atomic E-state index is 12.1. The van der Waals surface area contributed by atoms with Gasteiger partial charge in [-0.25, -0.2) is 0 Å². The Kier molecular flexibility index (Phi) is 11.2. The molecule has 0 radical (unpaired) electrons. The van der Waals surface area contributed by atoms with Gasteiger partial charge in [0, 0.05) is 17.5 Å². The molecule has 0 aliphatic rings. The number of halogens is 1. The Morgan fingerprint density at radius 1 is 1.12 bits per heavy atom. The van der Waals surface area contributed by atoms with Crippen molar-refractivity contribution in [1.82, 2.24) is 0 Å². The van der Waals surface area contributed by atoms with E-state index in [9.17, 15) is 4.79 Å². The Balaban J connectivity index is 0.00000123. The van der Waals surface area contributed by atoms with Crippen molar-refractivity contribution in [3.05, 3.63) is 40.4 Å². The molecule has 0 atom stereocenters. The molecule has 3 nitrogen and oxygen atoms in total. The van der Waals surface area contributed by atoms with Gasteiger partial charge in [-0.2, -0.15) is 0 Å². The third-order valence-corrected chi connectivity index (χ3v) is 4.42. The quantitative estimate of drug-likeness (QED) is 0.417. The van der Waals surface area contributed by atoms with Gasteiger partial charge in [-0.05, 0) is 23.6 Å². The summed E-state index contributed by atoms with van der Waals surface area (Å²) >= 11 is 7.52.